The Balaban J connectivity index is 2.22. The van der Waals surface area contributed by atoms with Crippen molar-refractivity contribution in [2.45, 2.75) is 36.4 Å². The summed E-state index contributed by atoms with van der Waals surface area (Å²) in [7, 11) is 0. The molecule has 0 aliphatic heterocycles. The lowest BCUT2D eigenvalue weighted by Crippen LogP contribution is -1.98. The molecule has 0 aliphatic rings. The van der Waals surface area contributed by atoms with Crippen molar-refractivity contribution >= 4 is 28.2 Å². The van der Waals surface area contributed by atoms with Crippen LogP contribution in [0.4, 0.5) is 5.13 Å². The van der Waals surface area contributed by atoms with Crippen molar-refractivity contribution in [3.8, 4) is 6.07 Å². The predicted molar refractivity (Wildman–Crippen MR) is 81.2 cm³/mol. The zero-order valence-corrected chi connectivity index (χ0v) is 13.2. The van der Waals surface area contributed by atoms with Crippen LogP contribution in [0.1, 0.15) is 30.3 Å². The molecule has 0 radical (unpaired) electrons. The molecule has 0 bridgehead atoms. The Labute approximate surface area is 126 Å². The lowest BCUT2D eigenvalue weighted by Gasteiger charge is -2.05. The topological polar surface area (TPSA) is 74.5 Å². The number of nitrogens with zero attached hydrogens (tertiary/aromatic N) is 4. The number of nitriles is 1. The lowest BCUT2D eigenvalue weighted by molar-refractivity contribution is 0.951. The quantitative estimate of drug-likeness (QED) is 0.912. The molecule has 0 aromatic carbocycles. The van der Waals surface area contributed by atoms with E-state index in [9.17, 15) is 5.26 Å². The van der Waals surface area contributed by atoms with Crippen molar-refractivity contribution in [1.29, 1.82) is 5.26 Å². The molecule has 0 fully saturated rings. The van der Waals surface area contributed by atoms with Crippen molar-refractivity contribution < 1.29 is 0 Å². The summed E-state index contributed by atoms with van der Waals surface area (Å²) in [5, 5.41) is 21.5. The molecule has 5 nitrogen and oxygen atoms in total. The fourth-order valence-corrected chi connectivity index (χ4v) is 3.63. The Morgan fingerprint density at radius 1 is 1.40 bits per heavy atom. The molecule has 2 aromatic rings. The third-order valence-corrected chi connectivity index (χ3v) is 4.51. The van der Waals surface area contributed by atoms with E-state index in [0.717, 1.165) is 38.7 Å². The molecule has 0 saturated carbocycles. The SMILES string of the molecule is CCCNc1nnc(Sc2cc(C)nc(C)c2C#N)s1. The number of nitrogens with one attached hydrogen (secondary N) is 1. The molecular weight excluding hydrogens is 290 g/mol. The third kappa shape index (κ3) is 3.46. The van der Waals surface area contributed by atoms with E-state index >= 15 is 0 Å². The molecule has 2 heterocycles. The van der Waals surface area contributed by atoms with Gasteiger partial charge < -0.3 is 5.32 Å². The second kappa shape index (κ2) is 6.68. The number of anilines is 1. The van der Waals surface area contributed by atoms with E-state index in [1.54, 1.807) is 0 Å². The maximum Gasteiger partial charge on any atom is 0.206 e. The van der Waals surface area contributed by atoms with Crippen molar-refractivity contribution in [1.82, 2.24) is 15.2 Å². The molecule has 7 heteroatoms. The number of hydrogen-bond acceptors (Lipinski definition) is 7. The number of aryl methyl sites for hydroxylation is 2. The third-order valence-electron chi connectivity index (χ3n) is 2.53. The van der Waals surface area contributed by atoms with Gasteiger partial charge in [0.15, 0.2) is 4.34 Å². The standard InChI is InChI=1S/C13H15N5S2/c1-4-5-15-12-17-18-13(20-12)19-11-6-8(2)16-9(3)10(11)7-14/h6H,4-5H2,1-3H3,(H,15,17). The van der Waals surface area contributed by atoms with Gasteiger partial charge in [-0.3, -0.25) is 4.98 Å². The second-order valence-electron chi connectivity index (χ2n) is 4.24. The first kappa shape index (κ1) is 14.8. The normalized spacial score (nSPS) is 10.3. The van der Waals surface area contributed by atoms with E-state index in [-0.39, 0.29) is 0 Å². The average molecular weight is 305 g/mol. The van der Waals surface area contributed by atoms with Crippen LogP contribution >= 0.6 is 23.1 Å². The minimum atomic E-state index is 0.610. The van der Waals surface area contributed by atoms with Crippen LogP contribution in [0.2, 0.25) is 0 Å². The van der Waals surface area contributed by atoms with E-state index in [1.807, 2.05) is 19.9 Å². The van der Waals surface area contributed by atoms with Gasteiger partial charge >= 0.3 is 0 Å². The highest BCUT2D eigenvalue weighted by atomic mass is 32.2. The molecule has 0 saturated heterocycles. The summed E-state index contributed by atoms with van der Waals surface area (Å²) >= 11 is 2.96. The van der Waals surface area contributed by atoms with Crippen LogP contribution < -0.4 is 5.32 Å². The van der Waals surface area contributed by atoms with Gasteiger partial charge in [0.25, 0.3) is 0 Å². The Kier molecular flexibility index (Phi) is 4.93. The van der Waals surface area contributed by atoms with Crippen molar-refractivity contribution in [3.05, 3.63) is 23.0 Å². The molecular formula is C13H15N5S2. The number of hydrogen-bond donors (Lipinski definition) is 1. The van der Waals surface area contributed by atoms with Crippen LogP contribution in [0.3, 0.4) is 0 Å². The van der Waals surface area contributed by atoms with Gasteiger partial charge in [0.2, 0.25) is 5.13 Å². The van der Waals surface area contributed by atoms with Crippen LogP contribution in [-0.4, -0.2) is 21.7 Å². The first-order valence-electron chi connectivity index (χ1n) is 6.27. The van der Waals surface area contributed by atoms with Crippen molar-refractivity contribution in [2.75, 3.05) is 11.9 Å². The summed E-state index contributed by atoms with van der Waals surface area (Å²) in [5.41, 5.74) is 2.26. The number of aromatic nitrogens is 3. The van der Waals surface area contributed by atoms with Crippen LogP contribution in [0.5, 0.6) is 0 Å². The summed E-state index contributed by atoms with van der Waals surface area (Å²) in [6, 6.07) is 4.12. The van der Waals surface area contributed by atoms with Gasteiger partial charge in [0, 0.05) is 17.1 Å². The summed E-state index contributed by atoms with van der Waals surface area (Å²) in [6.45, 7) is 6.76. The summed E-state index contributed by atoms with van der Waals surface area (Å²) in [4.78, 5) is 5.20. The summed E-state index contributed by atoms with van der Waals surface area (Å²) < 4.78 is 0.824. The van der Waals surface area contributed by atoms with Gasteiger partial charge in [0.1, 0.15) is 6.07 Å². The molecule has 0 spiro atoms. The van der Waals surface area contributed by atoms with Gasteiger partial charge in [0.05, 0.1) is 11.3 Å². The lowest BCUT2D eigenvalue weighted by atomic mass is 10.2. The summed E-state index contributed by atoms with van der Waals surface area (Å²) in [5.74, 6) is 0. The first-order chi connectivity index (χ1) is 9.63. The predicted octanol–water partition coefficient (Wildman–Crippen LogP) is 3.39. The van der Waals surface area contributed by atoms with Crippen LogP contribution in [-0.2, 0) is 0 Å². The highest BCUT2D eigenvalue weighted by Crippen LogP contribution is 2.34. The number of rotatable bonds is 5. The fraction of sp³-hybridized carbons (Fsp3) is 0.385. The van der Waals surface area contributed by atoms with E-state index in [2.05, 4.69) is 33.5 Å². The van der Waals surface area contributed by atoms with Crippen molar-refractivity contribution in [2.24, 2.45) is 0 Å². The second-order valence-corrected chi connectivity index (χ2v) is 6.50. The molecule has 20 heavy (non-hydrogen) atoms. The molecule has 104 valence electrons. The van der Waals surface area contributed by atoms with E-state index < -0.39 is 0 Å². The first-order valence-corrected chi connectivity index (χ1v) is 7.91. The fourth-order valence-electron chi connectivity index (χ4n) is 1.66. The molecule has 0 unspecified atom stereocenters. The Morgan fingerprint density at radius 2 is 2.20 bits per heavy atom. The maximum absolute atomic E-state index is 9.24. The molecule has 1 N–H and O–H groups in total. The monoisotopic (exact) mass is 305 g/mol. The molecule has 2 rings (SSSR count). The highest BCUT2D eigenvalue weighted by Gasteiger charge is 2.12. The summed E-state index contributed by atoms with van der Waals surface area (Å²) in [6.07, 6.45) is 1.05. The minimum Gasteiger partial charge on any atom is -0.360 e. The number of pyridine rings is 1. The van der Waals surface area contributed by atoms with E-state index in [4.69, 9.17) is 0 Å². The Hall–Kier alpha value is -1.65. The van der Waals surface area contributed by atoms with Gasteiger partial charge in [-0.05, 0) is 26.3 Å². The van der Waals surface area contributed by atoms with Gasteiger partial charge in [-0.15, -0.1) is 10.2 Å². The van der Waals surface area contributed by atoms with Gasteiger partial charge in [-0.25, -0.2) is 0 Å². The van der Waals surface area contributed by atoms with Crippen LogP contribution in [0.15, 0.2) is 15.3 Å². The van der Waals surface area contributed by atoms with Gasteiger partial charge in [-0.2, -0.15) is 5.26 Å². The highest BCUT2D eigenvalue weighted by molar-refractivity contribution is 8.01. The largest absolute Gasteiger partial charge is 0.360 e. The molecule has 0 atom stereocenters. The molecule has 0 aliphatic carbocycles. The zero-order valence-electron chi connectivity index (χ0n) is 11.6. The van der Waals surface area contributed by atoms with Crippen molar-refractivity contribution in [3.63, 3.8) is 0 Å². The molecule has 0 amide bonds. The van der Waals surface area contributed by atoms with Gasteiger partial charge in [-0.1, -0.05) is 30.0 Å². The Morgan fingerprint density at radius 3 is 2.90 bits per heavy atom. The Bertz CT molecular complexity index is 645. The molecule has 2 aromatic heterocycles. The maximum atomic E-state index is 9.24. The van der Waals surface area contributed by atoms with Crippen LogP contribution in [0.25, 0.3) is 0 Å². The van der Waals surface area contributed by atoms with E-state index in [1.165, 1.54) is 23.1 Å². The van der Waals surface area contributed by atoms with E-state index in [0.29, 0.717) is 5.56 Å². The minimum absolute atomic E-state index is 0.610. The average Bonchev–Trinajstić information content (AvgIpc) is 2.83. The zero-order chi connectivity index (χ0) is 14.5. The van der Waals surface area contributed by atoms with Crippen LogP contribution in [0, 0.1) is 25.2 Å². The smallest absolute Gasteiger partial charge is 0.206 e.